The zero-order chi connectivity index (χ0) is 12.1. The minimum Gasteiger partial charge on any atom is -0.468 e. The molecule has 1 fully saturated rings. The highest BCUT2D eigenvalue weighted by Gasteiger charge is 2.28. The van der Waals surface area contributed by atoms with Gasteiger partial charge >= 0.3 is 5.97 Å². The van der Waals surface area contributed by atoms with Gasteiger partial charge in [-0.3, -0.25) is 4.79 Å². The summed E-state index contributed by atoms with van der Waals surface area (Å²) >= 11 is 0. The second kappa shape index (κ2) is 5.82. The maximum atomic E-state index is 11.1. The second-order valence-corrected chi connectivity index (χ2v) is 4.51. The summed E-state index contributed by atoms with van der Waals surface area (Å²) in [7, 11) is 1.42. The van der Waals surface area contributed by atoms with Gasteiger partial charge in [0.2, 0.25) is 0 Å². The van der Waals surface area contributed by atoms with Crippen molar-refractivity contribution in [3.63, 3.8) is 0 Å². The Morgan fingerprint density at radius 3 is 2.82 bits per heavy atom. The van der Waals surface area contributed by atoms with Crippen LogP contribution in [0.4, 0.5) is 0 Å². The fraction of sp³-hybridized carbons (Fsp3) is 0.500. The second-order valence-electron chi connectivity index (χ2n) is 4.51. The molecule has 0 unspecified atom stereocenters. The largest absolute Gasteiger partial charge is 0.468 e. The summed E-state index contributed by atoms with van der Waals surface area (Å²) in [6, 6.07) is 10.9. The monoisotopic (exact) mass is 233 g/mol. The minimum absolute atomic E-state index is 0.191. The molecule has 92 valence electrons. The number of methoxy groups -OCH3 is 1. The number of esters is 1. The van der Waals surface area contributed by atoms with Gasteiger partial charge in [0.05, 0.1) is 13.7 Å². The van der Waals surface area contributed by atoms with Crippen LogP contribution in [0, 0.1) is 0 Å². The standard InChI is InChI=1S/C14H19NO2/c1-17-14(16)10-15-13-9-5-8-12(13)11-6-3-2-4-7-11/h2-4,6-7,12-13,15H,5,8-10H2,1H3/t12-,13+/m1/s1. The quantitative estimate of drug-likeness (QED) is 0.809. The van der Waals surface area contributed by atoms with Gasteiger partial charge in [0.25, 0.3) is 0 Å². The van der Waals surface area contributed by atoms with Crippen molar-refractivity contribution < 1.29 is 9.53 Å². The molecule has 3 nitrogen and oxygen atoms in total. The van der Waals surface area contributed by atoms with Gasteiger partial charge in [-0.1, -0.05) is 36.8 Å². The summed E-state index contributed by atoms with van der Waals surface area (Å²) < 4.78 is 4.65. The highest BCUT2D eigenvalue weighted by Crippen LogP contribution is 2.34. The molecule has 0 aromatic heterocycles. The van der Waals surface area contributed by atoms with Crippen molar-refractivity contribution in [2.45, 2.75) is 31.2 Å². The van der Waals surface area contributed by atoms with Crippen molar-refractivity contribution in [2.24, 2.45) is 0 Å². The van der Waals surface area contributed by atoms with Crippen LogP contribution in [-0.4, -0.2) is 25.7 Å². The Morgan fingerprint density at radius 1 is 1.35 bits per heavy atom. The van der Waals surface area contributed by atoms with E-state index in [2.05, 4.69) is 34.3 Å². The molecule has 1 saturated carbocycles. The molecular weight excluding hydrogens is 214 g/mol. The number of rotatable bonds is 4. The third kappa shape index (κ3) is 3.07. The Balaban J connectivity index is 1.96. The fourth-order valence-corrected chi connectivity index (χ4v) is 2.59. The Labute approximate surface area is 102 Å². The van der Waals surface area contributed by atoms with Crippen molar-refractivity contribution in [1.82, 2.24) is 5.32 Å². The number of benzene rings is 1. The molecule has 0 aliphatic heterocycles. The maximum absolute atomic E-state index is 11.1. The summed E-state index contributed by atoms with van der Waals surface area (Å²) in [5.74, 6) is 0.338. The topological polar surface area (TPSA) is 38.3 Å². The van der Waals surface area contributed by atoms with Crippen molar-refractivity contribution in [3.05, 3.63) is 35.9 Å². The molecule has 1 aromatic rings. The smallest absolute Gasteiger partial charge is 0.319 e. The Bertz CT molecular complexity index is 364. The van der Waals surface area contributed by atoms with Gasteiger partial charge in [0.1, 0.15) is 0 Å². The first-order valence-electron chi connectivity index (χ1n) is 6.16. The number of hydrogen-bond acceptors (Lipinski definition) is 3. The molecule has 1 aromatic carbocycles. The molecule has 17 heavy (non-hydrogen) atoms. The lowest BCUT2D eigenvalue weighted by atomic mass is 9.94. The predicted molar refractivity (Wildman–Crippen MR) is 66.8 cm³/mol. The average Bonchev–Trinajstić information content (AvgIpc) is 2.85. The first kappa shape index (κ1) is 12.1. The van der Waals surface area contributed by atoms with E-state index in [1.807, 2.05) is 6.07 Å². The van der Waals surface area contributed by atoms with Gasteiger partial charge in [-0.15, -0.1) is 0 Å². The van der Waals surface area contributed by atoms with Crippen molar-refractivity contribution >= 4 is 5.97 Å². The molecule has 2 rings (SSSR count). The van der Waals surface area contributed by atoms with Crippen LogP contribution in [0.1, 0.15) is 30.7 Å². The highest BCUT2D eigenvalue weighted by molar-refractivity contribution is 5.71. The first-order chi connectivity index (χ1) is 8.31. The molecular formula is C14H19NO2. The molecule has 0 spiro atoms. The Morgan fingerprint density at radius 2 is 2.12 bits per heavy atom. The molecule has 0 saturated heterocycles. The molecule has 2 atom stereocenters. The summed E-state index contributed by atoms with van der Waals surface area (Å²) in [5, 5.41) is 3.31. The van der Waals surface area contributed by atoms with Crippen LogP contribution in [0.2, 0.25) is 0 Å². The third-order valence-corrected chi connectivity index (χ3v) is 3.48. The van der Waals surface area contributed by atoms with Crippen LogP contribution in [-0.2, 0) is 9.53 Å². The van der Waals surface area contributed by atoms with Gasteiger partial charge in [0, 0.05) is 6.04 Å². The number of hydrogen-bond donors (Lipinski definition) is 1. The lowest BCUT2D eigenvalue weighted by molar-refractivity contribution is -0.139. The average molecular weight is 233 g/mol. The summed E-state index contributed by atoms with van der Waals surface area (Å²) in [4.78, 5) is 11.1. The van der Waals surface area contributed by atoms with Crippen LogP contribution in [0.3, 0.4) is 0 Å². The van der Waals surface area contributed by atoms with Crippen molar-refractivity contribution in [2.75, 3.05) is 13.7 Å². The molecule has 0 bridgehead atoms. The predicted octanol–water partition coefficient (Wildman–Crippen LogP) is 2.09. The van der Waals surface area contributed by atoms with Crippen LogP contribution < -0.4 is 5.32 Å². The van der Waals surface area contributed by atoms with Crippen LogP contribution in [0.5, 0.6) is 0 Å². The number of carbonyl (C=O) groups is 1. The number of carbonyl (C=O) groups excluding carboxylic acids is 1. The Kier molecular flexibility index (Phi) is 4.15. The lowest BCUT2D eigenvalue weighted by Gasteiger charge is -2.20. The fourth-order valence-electron chi connectivity index (χ4n) is 2.59. The zero-order valence-corrected chi connectivity index (χ0v) is 10.2. The van der Waals surface area contributed by atoms with Crippen LogP contribution in [0.15, 0.2) is 30.3 Å². The highest BCUT2D eigenvalue weighted by atomic mass is 16.5. The van der Waals surface area contributed by atoms with Gasteiger partial charge in [-0.05, 0) is 24.3 Å². The van der Waals surface area contributed by atoms with Gasteiger partial charge in [0.15, 0.2) is 0 Å². The van der Waals surface area contributed by atoms with E-state index in [1.54, 1.807) is 0 Å². The first-order valence-corrected chi connectivity index (χ1v) is 6.16. The summed E-state index contributed by atoms with van der Waals surface area (Å²) in [6.07, 6.45) is 3.55. The number of nitrogens with one attached hydrogen (secondary N) is 1. The number of ether oxygens (including phenoxy) is 1. The van der Waals surface area contributed by atoms with E-state index in [-0.39, 0.29) is 5.97 Å². The van der Waals surface area contributed by atoms with Crippen molar-refractivity contribution in [1.29, 1.82) is 0 Å². The molecule has 3 heteroatoms. The van der Waals surface area contributed by atoms with Gasteiger partial charge in [-0.25, -0.2) is 0 Å². The Hall–Kier alpha value is -1.35. The van der Waals surface area contributed by atoms with E-state index >= 15 is 0 Å². The normalized spacial score (nSPS) is 23.6. The van der Waals surface area contributed by atoms with E-state index in [0.717, 1.165) is 6.42 Å². The summed E-state index contributed by atoms with van der Waals surface area (Å²) in [5.41, 5.74) is 1.37. The zero-order valence-electron chi connectivity index (χ0n) is 10.2. The maximum Gasteiger partial charge on any atom is 0.319 e. The molecule has 1 N–H and O–H groups in total. The molecule has 1 aliphatic carbocycles. The minimum atomic E-state index is -0.191. The third-order valence-electron chi connectivity index (χ3n) is 3.48. The van der Waals surface area contributed by atoms with Crippen LogP contribution in [0.25, 0.3) is 0 Å². The van der Waals surface area contributed by atoms with E-state index in [4.69, 9.17) is 0 Å². The molecule has 0 radical (unpaired) electrons. The van der Waals surface area contributed by atoms with Gasteiger partial charge < -0.3 is 10.1 Å². The van der Waals surface area contributed by atoms with Crippen LogP contribution >= 0.6 is 0 Å². The summed E-state index contributed by atoms with van der Waals surface area (Å²) in [6.45, 7) is 0.310. The molecule has 1 aliphatic rings. The molecule has 0 amide bonds. The van der Waals surface area contributed by atoms with E-state index < -0.39 is 0 Å². The van der Waals surface area contributed by atoms with Gasteiger partial charge in [-0.2, -0.15) is 0 Å². The SMILES string of the molecule is COC(=O)CN[C@H]1CCC[C@@H]1c1ccccc1. The lowest BCUT2D eigenvalue weighted by Crippen LogP contribution is -2.35. The van der Waals surface area contributed by atoms with E-state index in [0.29, 0.717) is 18.5 Å². The molecule has 0 heterocycles. The van der Waals surface area contributed by atoms with Crippen molar-refractivity contribution in [3.8, 4) is 0 Å². The van der Waals surface area contributed by atoms with E-state index in [1.165, 1.54) is 25.5 Å². The van der Waals surface area contributed by atoms with E-state index in [9.17, 15) is 4.79 Å².